The van der Waals surface area contributed by atoms with Gasteiger partial charge in [-0.25, -0.2) is 0 Å². The Bertz CT molecular complexity index is 485. The first-order valence-electron chi connectivity index (χ1n) is 6.41. The minimum absolute atomic E-state index is 0.806. The van der Waals surface area contributed by atoms with Crippen LogP contribution in [0.15, 0.2) is 24.5 Å². The van der Waals surface area contributed by atoms with Crippen molar-refractivity contribution in [3.8, 4) is 0 Å². The number of nitrogens with zero attached hydrogens (tertiary/aromatic N) is 4. The van der Waals surface area contributed by atoms with Crippen LogP contribution in [0.5, 0.6) is 0 Å². The molecule has 0 bridgehead atoms. The first-order chi connectivity index (χ1) is 9.28. The summed E-state index contributed by atoms with van der Waals surface area (Å²) in [7, 11) is 2.08. The van der Waals surface area contributed by atoms with Crippen molar-refractivity contribution in [2.45, 2.75) is 26.4 Å². The Morgan fingerprint density at radius 2 is 2.21 bits per heavy atom. The summed E-state index contributed by atoms with van der Waals surface area (Å²) in [5.74, 6) is 0. The molecule has 0 amide bonds. The molecule has 2 rings (SSSR count). The highest BCUT2D eigenvalue weighted by molar-refractivity contribution is 7.15. The largest absolute Gasteiger partial charge is 0.360 e. The van der Waals surface area contributed by atoms with Crippen molar-refractivity contribution in [2.75, 3.05) is 18.9 Å². The average Bonchev–Trinajstić information content (AvgIpc) is 2.85. The van der Waals surface area contributed by atoms with Crippen molar-refractivity contribution in [1.29, 1.82) is 0 Å². The predicted octanol–water partition coefficient (Wildman–Crippen LogP) is 2.39. The number of nitrogens with one attached hydrogen (secondary N) is 1. The highest BCUT2D eigenvalue weighted by Gasteiger charge is 2.07. The van der Waals surface area contributed by atoms with E-state index in [4.69, 9.17) is 0 Å². The van der Waals surface area contributed by atoms with Gasteiger partial charge in [-0.05, 0) is 25.1 Å². The van der Waals surface area contributed by atoms with E-state index in [-0.39, 0.29) is 0 Å². The molecular formula is C13H19N5S. The zero-order valence-corrected chi connectivity index (χ0v) is 12.2. The molecule has 5 nitrogen and oxygen atoms in total. The van der Waals surface area contributed by atoms with E-state index < -0.39 is 0 Å². The van der Waals surface area contributed by atoms with Crippen LogP contribution in [0, 0.1) is 0 Å². The lowest BCUT2D eigenvalue weighted by Crippen LogP contribution is -2.17. The highest BCUT2D eigenvalue weighted by Crippen LogP contribution is 2.17. The van der Waals surface area contributed by atoms with Gasteiger partial charge in [0.25, 0.3) is 0 Å². The average molecular weight is 277 g/mol. The lowest BCUT2D eigenvalue weighted by atomic mass is 10.3. The summed E-state index contributed by atoms with van der Waals surface area (Å²) in [4.78, 5) is 6.33. The van der Waals surface area contributed by atoms with E-state index in [9.17, 15) is 0 Å². The molecule has 0 spiro atoms. The Morgan fingerprint density at radius 3 is 2.95 bits per heavy atom. The van der Waals surface area contributed by atoms with Gasteiger partial charge in [-0.3, -0.25) is 9.88 Å². The standard InChI is InChI=1S/C13H19N5S/c1-3-6-15-13-17-16-12(19-13)10-18(2)9-11-5-4-7-14-8-11/h4-5,7-8H,3,6,9-10H2,1-2H3,(H,15,17). The number of hydrogen-bond donors (Lipinski definition) is 1. The lowest BCUT2D eigenvalue weighted by Gasteiger charge is -2.14. The summed E-state index contributed by atoms with van der Waals surface area (Å²) in [5.41, 5.74) is 1.21. The number of aromatic nitrogens is 3. The van der Waals surface area contributed by atoms with Crippen LogP contribution in [0.4, 0.5) is 5.13 Å². The zero-order chi connectivity index (χ0) is 13.5. The molecule has 0 aliphatic heterocycles. The van der Waals surface area contributed by atoms with E-state index in [0.717, 1.165) is 36.2 Å². The minimum atomic E-state index is 0.806. The molecule has 19 heavy (non-hydrogen) atoms. The summed E-state index contributed by atoms with van der Waals surface area (Å²) in [6.07, 6.45) is 4.78. The van der Waals surface area contributed by atoms with Gasteiger partial charge in [0.15, 0.2) is 0 Å². The van der Waals surface area contributed by atoms with Gasteiger partial charge in [0.1, 0.15) is 5.01 Å². The van der Waals surface area contributed by atoms with Gasteiger partial charge in [0, 0.05) is 25.5 Å². The zero-order valence-electron chi connectivity index (χ0n) is 11.3. The molecule has 0 aliphatic carbocycles. The Balaban J connectivity index is 1.85. The smallest absolute Gasteiger partial charge is 0.205 e. The Hall–Kier alpha value is -1.53. The fourth-order valence-corrected chi connectivity index (χ4v) is 2.56. The first-order valence-corrected chi connectivity index (χ1v) is 7.23. The van der Waals surface area contributed by atoms with E-state index in [1.54, 1.807) is 17.5 Å². The van der Waals surface area contributed by atoms with Crippen LogP contribution in [0.1, 0.15) is 23.9 Å². The molecule has 0 saturated heterocycles. The molecule has 0 saturated carbocycles. The number of anilines is 1. The van der Waals surface area contributed by atoms with Crippen molar-refractivity contribution >= 4 is 16.5 Å². The summed E-state index contributed by atoms with van der Waals surface area (Å²) < 4.78 is 0. The van der Waals surface area contributed by atoms with Crippen LogP contribution in [-0.4, -0.2) is 33.7 Å². The lowest BCUT2D eigenvalue weighted by molar-refractivity contribution is 0.317. The van der Waals surface area contributed by atoms with Gasteiger partial charge in [0.05, 0.1) is 6.54 Å². The molecule has 0 radical (unpaired) electrons. The summed E-state index contributed by atoms with van der Waals surface area (Å²) in [5, 5.41) is 13.5. The van der Waals surface area contributed by atoms with Crippen molar-refractivity contribution in [3.63, 3.8) is 0 Å². The van der Waals surface area contributed by atoms with Crippen molar-refractivity contribution in [1.82, 2.24) is 20.1 Å². The molecule has 0 aromatic carbocycles. The SMILES string of the molecule is CCCNc1nnc(CN(C)Cc2cccnc2)s1. The number of pyridine rings is 1. The van der Waals surface area contributed by atoms with Crippen LogP contribution in [0.2, 0.25) is 0 Å². The van der Waals surface area contributed by atoms with Crippen LogP contribution < -0.4 is 5.32 Å². The Kier molecular flexibility index (Phi) is 5.23. The normalized spacial score (nSPS) is 10.9. The van der Waals surface area contributed by atoms with E-state index >= 15 is 0 Å². The molecule has 1 N–H and O–H groups in total. The monoisotopic (exact) mass is 277 g/mol. The maximum atomic E-state index is 4.20. The van der Waals surface area contributed by atoms with E-state index in [2.05, 4.69) is 45.4 Å². The number of rotatable bonds is 7. The second-order valence-corrected chi connectivity index (χ2v) is 5.52. The molecular weight excluding hydrogens is 258 g/mol. The Labute approximate surface area is 117 Å². The van der Waals surface area contributed by atoms with Crippen LogP contribution in [-0.2, 0) is 13.1 Å². The third kappa shape index (κ3) is 4.57. The van der Waals surface area contributed by atoms with Crippen LogP contribution in [0.25, 0.3) is 0 Å². The quantitative estimate of drug-likeness (QED) is 0.842. The topological polar surface area (TPSA) is 53.9 Å². The molecule has 2 aromatic rings. The fraction of sp³-hybridized carbons (Fsp3) is 0.462. The second kappa shape index (κ2) is 7.16. The fourth-order valence-electron chi connectivity index (χ4n) is 1.71. The molecule has 0 fully saturated rings. The van der Waals surface area contributed by atoms with Crippen molar-refractivity contribution < 1.29 is 0 Å². The predicted molar refractivity (Wildman–Crippen MR) is 78.1 cm³/mol. The van der Waals surface area contributed by atoms with E-state index in [1.807, 2.05) is 12.3 Å². The highest BCUT2D eigenvalue weighted by atomic mass is 32.1. The van der Waals surface area contributed by atoms with E-state index in [1.165, 1.54) is 5.56 Å². The summed E-state index contributed by atoms with van der Waals surface area (Å²) >= 11 is 1.62. The maximum Gasteiger partial charge on any atom is 0.205 e. The van der Waals surface area contributed by atoms with E-state index in [0.29, 0.717) is 0 Å². The molecule has 0 atom stereocenters. The van der Waals surface area contributed by atoms with Crippen molar-refractivity contribution in [3.05, 3.63) is 35.1 Å². The molecule has 0 aliphatic rings. The van der Waals surface area contributed by atoms with Gasteiger partial charge < -0.3 is 5.32 Å². The molecule has 2 heterocycles. The van der Waals surface area contributed by atoms with Gasteiger partial charge in [-0.2, -0.15) is 0 Å². The molecule has 102 valence electrons. The van der Waals surface area contributed by atoms with Gasteiger partial charge in [-0.15, -0.1) is 10.2 Å². The maximum absolute atomic E-state index is 4.20. The van der Waals surface area contributed by atoms with Crippen molar-refractivity contribution in [2.24, 2.45) is 0 Å². The second-order valence-electron chi connectivity index (χ2n) is 4.46. The van der Waals surface area contributed by atoms with Gasteiger partial charge in [-0.1, -0.05) is 24.3 Å². The van der Waals surface area contributed by atoms with Crippen LogP contribution in [0.3, 0.4) is 0 Å². The minimum Gasteiger partial charge on any atom is -0.360 e. The summed E-state index contributed by atoms with van der Waals surface area (Å²) in [6.45, 7) is 4.75. The van der Waals surface area contributed by atoms with Crippen LogP contribution >= 0.6 is 11.3 Å². The van der Waals surface area contributed by atoms with Gasteiger partial charge in [0.2, 0.25) is 5.13 Å². The Morgan fingerprint density at radius 1 is 1.32 bits per heavy atom. The molecule has 6 heteroatoms. The third-order valence-electron chi connectivity index (χ3n) is 2.57. The van der Waals surface area contributed by atoms with Gasteiger partial charge >= 0.3 is 0 Å². The summed E-state index contributed by atoms with van der Waals surface area (Å²) in [6, 6.07) is 4.04. The molecule has 0 unspecified atom stereocenters. The molecule has 2 aromatic heterocycles. The first kappa shape index (κ1) is 13.9. The number of hydrogen-bond acceptors (Lipinski definition) is 6. The third-order valence-corrected chi connectivity index (χ3v) is 3.44.